The van der Waals surface area contributed by atoms with Gasteiger partial charge in [0, 0.05) is 28.6 Å². The first kappa shape index (κ1) is 20.2. The summed E-state index contributed by atoms with van der Waals surface area (Å²) in [5.41, 5.74) is 2.04. The molecule has 1 saturated heterocycles. The van der Waals surface area contributed by atoms with E-state index in [1.807, 2.05) is 28.8 Å². The zero-order chi connectivity index (χ0) is 22.6. The molecule has 1 aromatic heterocycles. The van der Waals surface area contributed by atoms with Crippen LogP contribution in [0.3, 0.4) is 0 Å². The topological polar surface area (TPSA) is 64.4 Å². The molecule has 4 atom stereocenters. The van der Waals surface area contributed by atoms with E-state index in [1.54, 1.807) is 6.92 Å². The molecule has 2 aromatic rings. The normalized spacial score (nSPS) is 40.8. The molecule has 2 heterocycles. The van der Waals surface area contributed by atoms with Gasteiger partial charge >= 0.3 is 5.97 Å². The molecule has 4 aliphatic carbocycles. The lowest BCUT2D eigenvalue weighted by Crippen LogP contribution is -2.85. The van der Waals surface area contributed by atoms with Crippen molar-refractivity contribution in [2.45, 2.75) is 94.8 Å². The van der Waals surface area contributed by atoms with Crippen molar-refractivity contribution < 1.29 is 9.53 Å². The highest BCUT2D eigenvalue weighted by Gasteiger charge is 2.79. The minimum absolute atomic E-state index is 0.0764. The molecule has 6 heteroatoms. The zero-order valence-electron chi connectivity index (χ0n) is 19.7. The lowest BCUT2D eigenvalue weighted by molar-refractivity contribution is -0.284. The van der Waals surface area contributed by atoms with Crippen LogP contribution in [0.2, 0.25) is 0 Å². The maximum Gasteiger partial charge on any atom is 0.362 e. The summed E-state index contributed by atoms with van der Waals surface area (Å²) in [7, 11) is 0. The first-order valence-electron chi connectivity index (χ1n) is 12.9. The van der Waals surface area contributed by atoms with Crippen LogP contribution in [0.5, 0.6) is 0 Å². The molecule has 5 fully saturated rings. The monoisotopic (exact) mass is 447 g/mol. The van der Waals surface area contributed by atoms with Crippen LogP contribution in [0.15, 0.2) is 29.1 Å². The summed E-state index contributed by atoms with van der Waals surface area (Å²) in [5.74, 6) is 0.317. The maximum atomic E-state index is 13.7. The van der Waals surface area contributed by atoms with Gasteiger partial charge in [-0.2, -0.15) is 0 Å². The highest BCUT2D eigenvalue weighted by Crippen LogP contribution is 2.76. The average Bonchev–Trinajstić information content (AvgIpc) is 3.48. The number of ether oxygens (including phenoxy) is 1. The summed E-state index contributed by atoms with van der Waals surface area (Å²) in [5, 5.41) is 0. The van der Waals surface area contributed by atoms with Gasteiger partial charge in [0.05, 0.1) is 17.6 Å². The SMILES string of the molecule is CCOC(=O)c1nc2ccccc2n([C@H]2CC34CC[C@H]3N(C35CCC(CC3)C5)C4(C)C2)c1=O. The van der Waals surface area contributed by atoms with Crippen LogP contribution in [0.25, 0.3) is 11.0 Å². The second-order valence-corrected chi connectivity index (χ2v) is 11.6. The van der Waals surface area contributed by atoms with Gasteiger partial charge in [-0.1, -0.05) is 12.1 Å². The number of para-hydroxylation sites is 2. The Balaban J connectivity index is 1.33. The minimum atomic E-state index is -0.614. The van der Waals surface area contributed by atoms with Crippen molar-refractivity contribution in [3.8, 4) is 0 Å². The van der Waals surface area contributed by atoms with E-state index in [4.69, 9.17) is 4.74 Å². The largest absolute Gasteiger partial charge is 0.461 e. The molecule has 174 valence electrons. The number of likely N-dealkylation sites (tertiary alicyclic amines) is 1. The predicted octanol–water partition coefficient (Wildman–Crippen LogP) is 4.46. The number of piperidine rings is 1. The third-order valence-corrected chi connectivity index (χ3v) is 10.5. The van der Waals surface area contributed by atoms with Gasteiger partial charge < -0.3 is 9.30 Å². The summed E-state index contributed by atoms with van der Waals surface area (Å²) < 4.78 is 7.10. The van der Waals surface area contributed by atoms with E-state index in [1.165, 1.54) is 44.9 Å². The standard InChI is InChI=1S/C27H33N3O3/c1-3-33-24(32)22-23(31)29(20-7-5-4-6-19(20)28-22)18-15-25(2)27(16-18)13-10-21(27)30(25)26-11-8-17(14-26)9-12-26/h4-7,17-18,21H,3,8-16H2,1-2H3/t17?,18-,21-,25?,26?,27?/m1/s1. The molecule has 2 bridgehead atoms. The van der Waals surface area contributed by atoms with E-state index in [0.29, 0.717) is 22.5 Å². The van der Waals surface area contributed by atoms with Gasteiger partial charge in [0.15, 0.2) is 0 Å². The van der Waals surface area contributed by atoms with Crippen LogP contribution in [0.4, 0.5) is 0 Å². The number of nitrogens with zero attached hydrogens (tertiary/aromatic N) is 3. The summed E-state index contributed by atoms with van der Waals surface area (Å²) in [6, 6.07) is 8.52. The molecular weight excluding hydrogens is 414 g/mol. The van der Waals surface area contributed by atoms with Gasteiger partial charge in [0.25, 0.3) is 5.56 Å². The molecule has 33 heavy (non-hydrogen) atoms. The second-order valence-electron chi connectivity index (χ2n) is 11.6. The zero-order valence-corrected chi connectivity index (χ0v) is 19.7. The fourth-order valence-electron chi connectivity index (χ4n) is 9.24. The van der Waals surface area contributed by atoms with Crippen LogP contribution in [0.1, 0.15) is 88.2 Å². The van der Waals surface area contributed by atoms with E-state index in [-0.39, 0.29) is 29.4 Å². The highest BCUT2D eigenvalue weighted by atomic mass is 16.5. The van der Waals surface area contributed by atoms with Crippen LogP contribution < -0.4 is 5.56 Å². The quantitative estimate of drug-likeness (QED) is 0.648. The lowest BCUT2D eigenvalue weighted by atomic mass is 9.46. The van der Waals surface area contributed by atoms with Crippen LogP contribution in [0, 0.1) is 11.3 Å². The fraction of sp³-hybridized carbons (Fsp3) is 0.667. The Kier molecular flexibility index (Phi) is 3.96. The number of esters is 1. The second kappa shape index (κ2) is 6.47. The minimum Gasteiger partial charge on any atom is -0.461 e. The lowest BCUT2D eigenvalue weighted by Gasteiger charge is -2.78. The highest BCUT2D eigenvalue weighted by molar-refractivity contribution is 5.89. The Bertz CT molecular complexity index is 1230. The van der Waals surface area contributed by atoms with Crippen LogP contribution in [-0.2, 0) is 4.74 Å². The fourth-order valence-corrected chi connectivity index (χ4v) is 9.24. The number of hydrogen-bond donors (Lipinski definition) is 0. The van der Waals surface area contributed by atoms with Crippen molar-refractivity contribution in [3.63, 3.8) is 0 Å². The smallest absolute Gasteiger partial charge is 0.362 e. The molecule has 1 spiro atoms. The number of carbonyl (C=O) groups excluding carboxylic acids is 1. The Morgan fingerprint density at radius 1 is 1.12 bits per heavy atom. The molecule has 1 aromatic carbocycles. The average molecular weight is 448 g/mol. The summed E-state index contributed by atoms with van der Waals surface area (Å²) in [4.78, 5) is 33.7. The predicted molar refractivity (Wildman–Crippen MR) is 125 cm³/mol. The molecule has 6 nitrogen and oxygen atoms in total. The van der Waals surface area contributed by atoms with Crippen LogP contribution >= 0.6 is 0 Å². The maximum absolute atomic E-state index is 13.7. The Morgan fingerprint density at radius 2 is 1.91 bits per heavy atom. The number of fused-ring (bicyclic) bond motifs is 3. The van der Waals surface area contributed by atoms with Gasteiger partial charge in [-0.05, 0) is 89.7 Å². The van der Waals surface area contributed by atoms with Crippen LogP contribution in [-0.4, -0.2) is 44.1 Å². The summed E-state index contributed by atoms with van der Waals surface area (Å²) in [6.45, 7) is 4.48. The molecule has 2 unspecified atom stereocenters. The van der Waals surface area contributed by atoms with Crippen molar-refractivity contribution in [2.24, 2.45) is 11.3 Å². The first-order valence-corrected chi connectivity index (χ1v) is 12.9. The van der Waals surface area contributed by atoms with Gasteiger partial charge in [-0.3, -0.25) is 9.69 Å². The molecule has 7 rings (SSSR count). The van der Waals surface area contributed by atoms with E-state index < -0.39 is 5.97 Å². The van der Waals surface area contributed by atoms with Gasteiger partial charge in [-0.25, -0.2) is 9.78 Å². The summed E-state index contributed by atoms with van der Waals surface area (Å²) >= 11 is 0. The van der Waals surface area contributed by atoms with Crippen molar-refractivity contribution in [1.82, 2.24) is 14.5 Å². The van der Waals surface area contributed by atoms with E-state index >= 15 is 0 Å². The van der Waals surface area contributed by atoms with Crippen molar-refractivity contribution in [3.05, 3.63) is 40.3 Å². The summed E-state index contributed by atoms with van der Waals surface area (Å²) in [6.07, 6.45) is 11.5. The van der Waals surface area contributed by atoms with E-state index in [0.717, 1.165) is 24.3 Å². The number of carbonyl (C=O) groups is 1. The van der Waals surface area contributed by atoms with Gasteiger partial charge in [0.1, 0.15) is 0 Å². The van der Waals surface area contributed by atoms with Gasteiger partial charge in [0.2, 0.25) is 5.69 Å². The molecule has 0 amide bonds. The Hall–Kier alpha value is -2.21. The molecule has 4 saturated carbocycles. The van der Waals surface area contributed by atoms with Crippen molar-refractivity contribution in [2.75, 3.05) is 6.61 Å². The van der Waals surface area contributed by atoms with E-state index in [2.05, 4.69) is 16.8 Å². The van der Waals surface area contributed by atoms with E-state index in [9.17, 15) is 9.59 Å². The number of rotatable bonds is 4. The molecule has 5 aliphatic rings. The van der Waals surface area contributed by atoms with Crippen molar-refractivity contribution in [1.29, 1.82) is 0 Å². The molecule has 0 radical (unpaired) electrons. The number of aromatic nitrogens is 2. The third kappa shape index (κ3) is 2.31. The Morgan fingerprint density at radius 3 is 2.58 bits per heavy atom. The molecule has 0 N–H and O–H groups in total. The Labute approximate surface area is 194 Å². The molecule has 1 aliphatic heterocycles. The van der Waals surface area contributed by atoms with Gasteiger partial charge in [-0.15, -0.1) is 0 Å². The molecular formula is C27H33N3O3. The first-order chi connectivity index (χ1) is 15.9. The third-order valence-electron chi connectivity index (χ3n) is 10.5. The van der Waals surface area contributed by atoms with Crippen molar-refractivity contribution >= 4 is 17.0 Å². The number of hydrogen-bond acceptors (Lipinski definition) is 5. The number of benzene rings is 1.